The zero-order valence-corrected chi connectivity index (χ0v) is 12.1. The second-order valence-corrected chi connectivity index (χ2v) is 5.21. The summed E-state index contributed by atoms with van der Waals surface area (Å²) in [6, 6.07) is 9.76. The fraction of sp³-hybridized carbons (Fsp3) is 0.133. The van der Waals surface area contributed by atoms with E-state index < -0.39 is 11.2 Å². The average Bonchev–Trinajstić information content (AvgIpc) is 3.00. The first kappa shape index (κ1) is 12.6. The lowest BCUT2D eigenvalue weighted by molar-refractivity contribution is 0.831. The van der Waals surface area contributed by atoms with E-state index in [0.29, 0.717) is 16.9 Å². The molecule has 0 fully saturated rings. The van der Waals surface area contributed by atoms with Crippen molar-refractivity contribution in [3.05, 3.63) is 63.1 Å². The van der Waals surface area contributed by atoms with Crippen LogP contribution >= 0.6 is 0 Å². The first-order valence-corrected chi connectivity index (χ1v) is 6.83. The van der Waals surface area contributed by atoms with Crippen LogP contribution in [-0.2, 0) is 7.05 Å². The Morgan fingerprint density at radius 3 is 2.59 bits per heavy atom. The van der Waals surface area contributed by atoms with Crippen molar-refractivity contribution in [2.45, 2.75) is 6.92 Å². The highest BCUT2D eigenvalue weighted by Gasteiger charge is 2.17. The van der Waals surface area contributed by atoms with Crippen LogP contribution in [-0.4, -0.2) is 23.5 Å². The van der Waals surface area contributed by atoms with E-state index in [-0.39, 0.29) is 0 Å². The van der Waals surface area contributed by atoms with Crippen LogP contribution in [0.15, 0.2) is 46.1 Å². The maximum atomic E-state index is 12.1. The highest BCUT2D eigenvalue weighted by atomic mass is 16.2. The van der Waals surface area contributed by atoms with Gasteiger partial charge in [-0.15, -0.1) is 0 Å². The summed E-state index contributed by atoms with van der Waals surface area (Å²) in [5.41, 5.74) is 1.73. The predicted molar refractivity (Wildman–Crippen MR) is 82.6 cm³/mol. The fourth-order valence-corrected chi connectivity index (χ4v) is 2.77. The average molecular weight is 295 g/mol. The summed E-state index contributed by atoms with van der Waals surface area (Å²) in [7, 11) is 1.59. The molecule has 0 bridgehead atoms. The zero-order chi connectivity index (χ0) is 15.4. The van der Waals surface area contributed by atoms with Crippen molar-refractivity contribution in [2.24, 2.45) is 7.05 Å². The summed E-state index contributed by atoms with van der Waals surface area (Å²) in [5.74, 6) is 0.602. The Bertz CT molecular complexity index is 1130. The molecule has 7 heteroatoms. The van der Waals surface area contributed by atoms with Crippen LogP contribution in [0, 0.1) is 6.92 Å². The number of aromatic nitrogens is 5. The van der Waals surface area contributed by atoms with Gasteiger partial charge in [0.25, 0.3) is 5.56 Å². The summed E-state index contributed by atoms with van der Waals surface area (Å²) in [5, 5.41) is 0. The Morgan fingerprint density at radius 2 is 1.86 bits per heavy atom. The molecule has 0 aliphatic carbocycles. The van der Waals surface area contributed by atoms with E-state index in [0.717, 1.165) is 11.4 Å². The van der Waals surface area contributed by atoms with Gasteiger partial charge in [-0.2, -0.15) is 4.98 Å². The van der Waals surface area contributed by atoms with E-state index in [1.54, 1.807) is 11.4 Å². The molecule has 0 saturated carbocycles. The molecule has 0 unspecified atom stereocenters. The summed E-state index contributed by atoms with van der Waals surface area (Å²) in [4.78, 5) is 30.7. The standard InChI is InChI=1S/C15H13N5O2/c1-9-8-19-11-12(18(2)15(22)17-13(11)21)16-14(19)20(9)10-6-4-3-5-7-10/h3-8H,1-2H3,(H,17,21,22). The van der Waals surface area contributed by atoms with E-state index >= 15 is 0 Å². The Balaban J connectivity index is 2.22. The van der Waals surface area contributed by atoms with E-state index in [2.05, 4.69) is 9.97 Å². The highest BCUT2D eigenvalue weighted by Crippen LogP contribution is 2.20. The highest BCUT2D eigenvalue weighted by molar-refractivity contribution is 5.76. The maximum Gasteiger partial charge on any atom is 0.329 e. The van der Waals surface area contributed by atoms with Gasteiger partial charge in [0, 0.05) is 24.6 Å². The minimum absolute atomic E-state index is 0.369. The van der Waals surface area contributed by atoms with Gasteiger partial charge < -0.3 is 0 Å². The molecule has 0 spiro atoms. The van der Waals surface area contributed by atoms with Gasteiger partial charge in [0.2, 0.25) is 5.78 Å². The van der Waals surface area contributed by atoms with Crippen LogP contribution in [0.5, 0.6) is 0 Å². The third-order valence-corrected chi connectivity index (χ3v) is 3.81. The topological polar surface area (TPSA) is 77.1 Å². The number of imidazole rings is 2. The molecular weight excluding hydrogens is 282 g/mol. The van der Waals surface area contributed by atoms with Crippen molar-refractivity contribution in [1.29, 1.82) is 0 Å². The number of hydrogen-bond acceptors (Lipinski definition) is 3. The van der Waals surface area contributed by atoms with Gasteiger partial charge in [-0.3, -0.25) is 23.3 Å². The number of para-hydroxylation sites is 1. The first-order valence-electron chi connectivity index (χ1n) is 6.83. The van der Waals surface area contributed by atoms with Crippen molar-refractivity contribution >= 4 is 16.9 Å². The van der Waals surface area contributed by atoms with Crippen molar-refractivity contribution in [1.82, 2.24) is 23.5 Å². The van der Waals surface area contributed by atoms with Crippen LogP contribution in [0.25, 0.3) is 22.6 Å². The molecule has 0 radical (unpaired) electrons. The molecular formula is C15H13N5O2. The van der Waals surface area contributed by atoms with Gasteiger partial charge in [-0.25, -0.2) is 4.79 Å². The Hall–Kier alpha value is -3.09. The van der Waals surface area contributed by atoms with Crippen LogP contribution in [0.4, 0.5) is 0 Å². The van der Waals surface area contributed by atoms with Crippen molar-refractivity contribution in [3.8, 4) is 5.69 Å². The second kappa shape index (κ2) is 4.20. The van der Waals surface area contributed by atoms with E-state index in [1.165, 1.54) is 4.57 Å². The molecule has 0 saturated heterocycles. The monoisotopic (exact) mass is 295 g/mol. The molecule has 3 heterocycles. The molecule has 1 aromatic carbocycles. The van der Waals surface area contributed by atoms with Gasteiger partial charge in [0.15, 0.2) is 11.2 Å². The predicted octanol–water partition coefficient (Wildman–Crippen LogP) is 0.974. The number of fused-ring (bicyclic) bond motifs is 3. The molecule has 0 atom stereocenters. The summed E-state index contributed by atoms with van der Waals surface area (Å²) >= 11 is 0. The van der Waals surface area contributed by atoms with Gasteiger partial charge in [0.05, 0.1) is 0 Å². The fourth-order valence-electron chi connectivity index (χ4n) is 2.77. The summed E-state index contributed by atoms with van der Waals surface area (Å²) < 4.78 is 5.01. The second-order valence-electron chi connectivity index (χ2n) is 5.21. The van der Waals surface area contributed by atoms with Gasteiger partial charge in [-0.05, 0) is 19.1 Å². The van der Waals surface area contributed by atoms with Gasteiger partial charge in [-0.1, -0.05) is 18.2 Å². The van der Waals surface area contributed by atoms with Crippen LogP contribution in [0.1, 0.15) is 5.69 Å². The molecule has 0 aliphatic rings. The number of nitrogens with one attached hydrogen (secondary N) is 1. The molecule has 22 heavy (non-hydrogen) atoms. The number of rotatable bonds is 1. The third-order valence-electron chi connectivity index (χ3n) is 3.81. The Kier molecular flexibility index (Phi) is 2.41. The van der Waals surface area contributed by atoms with Crippen LogP contribution in [0.3, 0.4) is 0 Å². The van der Waals surface area contributed by atoms with Crippen LogP contribution < -0.4 is 11.2 Å². The zero-order valence-electron chi connectivity index (χ0n) is 12.1. The SMILES string of the molecule is Cc1cn2c3c(=O)[nH]c(=O)n(C)c3nc2n1-c1ccccc1. The molecule has 1 N–H and O–H groups in total. The van der Waals surface area contributed by atoms with Gasteiger partial charge in [0.1, 0.15) is 0 Å². The molecule has 7 nitrogen and oxygen atoms in total. The molecule has 0 aliphatic heterocycles. The smallest absolute Gasteiger partial charge is 0.283 e. The lowest BCUT2D eigenvalue weighted by Gasteiger charge is -2.04. The number of hydrogen-bond donors (Lipinski definition) is 1. The summed E-state index contributed by atoms with van der Waals surface area (Å²) in [6.45, 7) is 1.95. The van der Waals surface area contributed by atoms with Crippen molar-refractivity contribution < 1.29 is 0 Å². The Labute approximate surface area is 124 Å². The lowest BCUT2D eigenvalue weighted by Crippen LogP contribution is -2.28. The number of benzene rings is 1. The molecule has 4 aromatic rings. The molecule has 0 amide bonds. The van der Waals surface area contributed by atoms with Gasteiger partial charge >= 0.3 is 5.69 Å². The maximum absolute atomic E-state index is 12.1. The number of nitrogens with zero attached hydrogens (tertiary/aromatic N) is 4. The molecule has 3 aromatic heterocycles. The quantitative estimate of drug-likeness (QED) is 0.568. The molecule has 4 rings (SSSR count). The van der Waals surface area contributed by atoms with E-state index in [9.17, 15) is 9.59 Å². The van der Waals surface area contributed by atoms with Crippen molar-refractivity contribution in [3.63, 3.8) is 0 Å². The summed E-state index contributed by atoms with van der Waals surface area (Å²) in [6.07, 6.45) is 1.84. The number of aromatic amines is 1. The van der Waals surface area contributed by atoms with E-state index in [4.69, 9.17) is 0 Å². The van der Waals surface area contributed by atoms with Crippen molar-refractivity contribution in [2.75, 3.05) is 0 Å². The van der Waals surface area contributed by atoms with E-state index in [1.807, 2.05) is 48.0 Å². The normalized spacial score (nSPS) is 11.5. The Morgan fingerprint density at radius 1 is 1.14 bits per heavy atom. The van der Waals surface area contributed by atoms with Crippen LogP contribution in [0.2, 0.25) is 0 Å². The third kappa shape index (κ3) is 1.53. The minimum Gasteiger partial charge on any atom is -0.283 e. The minimum atomic E-state index is -0.471. The lowest BCUT2D eigenvalue weighted by atomic mass is 10.3. The molecule has 110 valence electrons. The number of H-pyrrole nitrogens is 1. The largest absolute Gasteiger partial charge is 0.329 e. The number of aryl methyl sites for hydroxylation is 2. The first-order chi connectivity index (χ1) is 10.6.